The highest BCUT2D eigenvalue weighted by Gasteiger charge is 2.19. The Morgan fingerprint density at radius 3 is 2.79 bits per heavy atom. The van der Waals surface area contributed by atoms with Crippen LogP contribution in [0.25, 0.3) is 11.2 Å². The Bertz CT molecular complexity index is 1350. The standard InChI is InChI=1S/C22H25N7O2S2/c1-3-5-12-28-16(14-32-22-27-26-20(33-22)23-11-4-2)24-18-17(28)19(30)25-21(31)29(18)13-15-9-7-6-8-10-15/h4,6-10H,2-3,5,11-14H2,1H3,(H,23,26)(H,25,30,31). The van der Waals surface area contributed by atoms with Crippen LogP contribution in [0.3, 0.4) is 0 Å². The van der Waals surface area contributed by atoms with Crippen LogP contribution >= 0.6 is 23.1 Å². The molecule has 4 rings (SSSR count). The summed E-state index contributed by atoms with van der Waals surface area (Å²) < 4.78 is 4.26. The quantitative estimate of drug-likeness (QED) is 0.248. The number of aromatic nitrogens is 6. The summed E-state index contributed by atoms with van der Waals surface area (Å²) in [6.45, 7) is 7.39. The second-order valence-corrected chi connectivity index (χ2v) is 9.57. The van der Waals surface area contributed by atoms with Gasteiger partial charge in [0, 0.05) is 13.1 Å². The first-order chi connectivity index (χ1) is 16.1. The molecule has 172 valence electrons. The monoisotopic (exact) mass is 483 g/mol. The van der Waals surface area contributed by atoms with E-state index in [1.54, 1.807) is 6.08 Å². The van der Waals surface area contributed by atoms with Crippen molar-refractivity contribution in [1.82, 2.24) is 29.3 Å². The number of H-pyrrole nitrogens is 1. The van der Waals surface area contributed by atoms with Crippen molar-refractivity contribution >= 4 is 39.4 Å². The molecule has 0 amide bonds. The van der Waals surface area contributed by atoms with Crippen molar-refractivity contribution in [3.05, 3.63) is 75.2 Å². The average molecular weight is 484 g/mol. The lowest BCUT2D eigenvalue weighted by molar-refractivity contribution is 0.626. The molecule has 0 spiro atoms. The third kappa shape index (κ3) is 5.25. The average Bonchev–Trinajstić information content (AvgIpc) is 3.42. The van der Waals surface area contributed by atoms with E-state index in [-0.39, 0.29) is 0 Å². The summed E-state index contributed by atoms with van der Waals surface area (Å²) in [6.07, 6.45) is 3.63. The number of imidazole rings is 1. The van der Waals surface area contributed by atoms with Crippen LogP contribution in [0.2, 0.25) is 0 Å². The van der Waals surface area contributed by atoms with E-state index < -0.39 is 11.2 Å². The zero-order valence-electron chi connectivity index (χ0n) is 18.3. The summed E-state index contributed by atoms with van der Waals surface area (Å²) >= 11 is 2.96. The molecule has 3 aromatic heterocycles. The first kappa shape index (κ1) is 23.0. The van der Waals surface area contributed by atoms with Gasteiger partial charge in [-0.1, -0.05) is 72.9 Å². The normalized spacial score (nSPS) is 11.2. The number of hydrogen-bond donors (Lipinski definition) is 2. The lowest BCUT2D eigenvalue weighted by Gasteiger charge is -2.08. The maximum Gasteiger partial charge on any atom is 0.330 e. The Morgan fingerprint density at radius 1 is 1.21 bits per heavy atom. The van der Waals surface area contributed by atoms with Crippen molar-refractivity contribution in [3.63, 3.8) is 0 Å². The third-order valence-electron chi connectivity index (χ3n) is 5.01. The van der Waals surface area contributed by atoms with Crippen molar-refractivity contribution in [1.29, 1.82) is 0 Å². The largest absolute Gasteiger partial charge is 0.357 e. The molecule has 1 aromatic carbocycles. The molecular formula is C22H25N7O2S2. The predicted molar refractivity (Wildman–Crippen MR) is 133 cm³/mol. The fourth-order valence-corrected chi connectivity index (χ4v) is 5.13. The van der Waals surface area contributed by atoms with Crippen molar-refractivity contribution in [2.24, 2.45) is 0 Å². The summed E-state index contributed by atoms with van der Waals surface area (Å²) in [4.78, 5) is 32.7. The number of nitrogens with zero attached hydrogens (tertiary/aromatic N) is 5. The molecule has 4 aromatic rings. The molecule has 0 atom stereocenters. The first-order valence-electron chi connectivity index (χ1n) is 10.7. The maximum absolute atomic E-state index is 12.8. The van der Waals surface area contributed by atoms with Gasteiger partial charge < -0.3 is 9.88 Å². The molecule has 0 fully saturated rings. The van der Waals surface area contributed by atoms with E-state index in [1.807, 2.05) is 34.9 Å². The first-order valence-corrected chi connectivity index (χ1v) is 12.5. The van der Waals surface area contributed by atoms with Crippen molar-refractivity contribution < 1.29 is 0 Å². The van der Waals surface area contributed by atoms with Crippen molar-refractivity contribution in [3.8, 4) is 0 Å². The zero-order valence-corrected chi connectivity index (χ0v) is 19.9. The fourth-order valence-electron chi connectivity index (χ4n) is 3.42. The molecule has 0 saturated heterocycles. The van der Waals surface area contributed by atoms with Gasteiger partial charge in [-0.25, -0.2) is 9.78 Å². The van der Waals surface area contributed by atoms with Crippen molar-refractivity contribution in [2.45, 2.75) is 42.9 Å². The van der Waals surface area contributed by atoms with Crippen LogP contribution in [0.5, 0.6) is 0 Å². The van der Waals surface area contributed by atoms with Crippen LogP contribution in [0, 0.1) is 0 Å². The number of anilines is 1. The lowest BCUT2D eigenvalue weighted by Crippen LogP contribution is -2.31. The van der Waals surface area contributed by atoms with Crippen LogP contribution in [-0.4, -0.2) is 35.8 Å². The SMILES string of the molecule is C=CCNc1nnc(SCc2nc3c(c(=O)[nH]c(=O)n3Cc3ccccc3)n2CCCC)s1. The molecule has 0 aliphatic rings. The molecule has 0 bridgehead atoms. The van der Waals surface area contributed by atoms with Crippen molar-refractivity contribution in [2.75, 3.05) is 11.9 Å². The molecule has 3 heterocycles. The van der Waals surface area contributed by atoms with Crippen LogP contribution in [0.15, 0.2) is 56.9 Å². The lowest BCUT2D eigenvalue weighted by atomic mass is 10.2. The minimum absolute atomic E-state index is 0.332. The minimum atomic E-state index is -0.460. The molecule has 0 radical (unpaired) electrons. The van der Waals surface area contributed by atoms with Gasteiger partial charge in [0.05, 0.1) is 12.3 Å². The number of aryl methyl sites for hydroxylation is 1. The number of fused-ring (bicyclic) bond motifs is 1. The minimum Gasteiger partial charge on any atom is -0.357 e. The van der Waals surface area contributed by atoms with Gasteiger partial charge in [-0.15, -0.1) is 16.8 Å². The number of rotatable bonds is 11. The van der Waals surface area contributed by atoms with Crippen LogP contribution in [0.1, 0.15) is 31.2 Å². The number of nitrogens with one attached hydrogen (secondary N) is 2. The van der Waals surface area contributed by atoms with Crippen LogP contribution in [-0.2, 0) is 18.8 Å². The Morgan fingerprint density at radius 2 is 2.03 bits per heavy atom. The molecule has 0 aliphatic heterocycles. The predicted octanol–water partition coefficient (Wildman–Crippen LogP) is 3.48. The second-order valence-electron chi connectivity index (χ2n) is 7.37. The molecule has 0 unspecified atom stereocenters. The molecule has 33 heavy (non-hydrogen) atoms. The number of unbranched alkanes of at least 4 members (excludes halogenated alkanes) is 1. The molecule has 11 heteroatoms. The van der Waals surface area contributed by atoms with Gasteiger partial charge in [0.15, 0.2) is 15.5 Å². The number of benzene rings is 1. The van der Waals surface area contributed by atoms with E-state index in [9.17, 15) is 9.59 Å². The highest BCUT2D eigenvalue weighted by molar-refractivity contribution is 8.00. The number of thioether (sulfide) groups is 1. The maximum atomic E-state index is 12.8. The van der Waals surface area contributed by atoms with Gasteiger partial charge >= 0.3 is 5.69 Å². The number of aromatic amines is 1. The Hall–Kier alpha value is -3.18. The molecule has 2 N–H and O–H groups in total. The van der Waals surface area contributed by atoms with E-state index in [4.69, 9.17) is 4.98 Å². The smallest absolute Gasteiger partial charge is 0.330 e. The van der Waals surface area contributed by atoms with E-state index >= 15 is 0 Å². The van der Waals surface area contributed by atoms with E-state index in [0.717, 1.165) is 33.7 Å². The highest BCUT2D eigenvalue weighted by atomic mass is 32.2. The van der Waals surface area contributed by atoms with Crippen LogP contribution < -0.4 is 16.6 Å². The summed E-state index contributed by atoms with van der Waals surface area (Å²) in [5.41, 5.74) is 0.925. The zero-order chi connectivity index (χ0) is 23.2. The van der Waals surface area contributed by atoms with Crippen LogP contribution in [0.4, 0.5) is 5.13 Å². The molecule has 9 nitrogen and oxygen atoms in total. The van der Waals surface area contributed by atoms with Gasteiger partial charge in [-0.2, -0.15) is 0 Å². The Labute approximate surface area is 198 Å². The van der Waals surface area contributed by atoms with E-state index in [0.29, 0.717) is 36.6 Å². The molecule has 0 saturated carbocycles. The topological polar surface area (TPSA) is 110 Å². The number of hydrogen-bond acceptors (Lipinski definition) is 8. The van der Waals surface area contributed by atoms with Gasteiger partial charge in [0.25, 0.3) is 5.56 Å². The highest BCUT2D eigenvalue weighted by Crippen LogP contribution is 2.29. The second kappa shape index (κ2) is 10.6. The van der Waals surface area contributed by atoms with Gasteiger partial charge in [-0.05, 0) is 12.0 Å². The Kier molecular flexibility index (Phi) is 7.40. The van der Waals surface area contributed by atoms with Gasteiger partial charge in [0.1, 0.15) is 5.82 Å². The summed E-state index contributed by atoms with van der Waals surface area (Å²) in [5.74, 6) is 1.24. The van der Waals surface area contributed by atoms with E-state index in [1.165, 1.54) is 27.7 Å². The molecular weight excluding hydrogens is 458 g/mol. The summed E-state index contributed by atoms with van der Waals surface area (Å²) in [5, 5.41) is 12.2. The van der Waals surface area contributed by atoms with Gasteiger partial charge in [0.2, 0.25) is 5.13 Å². The third-order valence-corrected chi connectivity index (χ3v) is 7.02. The summed E-state index contributed by atoms with van der Waals surface area (Å²) in [6, 6.07) is 9.66. The summed E-state index contributed by atoms with van der Waals surface area (Å²) in [7, 11) is 0. The van der Waals surface area contributed by atoms with Gasteiger partial charge in [-0.3, -0.25) is 14.3 Å². The Balaban J connectivity index is 1.70. The van der Waals surface area contributed by atoms with E-state index in [2.05, 4.69) is 34.0 Å². The molecule has 0 aliphatic carbocycles. The fraction of sp³-hybridized carbons (Fsp3) is 0.318.